The summed E-state index contributed by atoms with van der Waals surface area (Å²) in [5.41, 5.74) is 6.57. The van der Waals surface area contributed by atoms with E-state index >= 15 is 0 Å². The molecule has 0 saturated carbocycles. The van der Waals surface area contributed by atoms with E-state index in [0.717, 1.165) is 39.8 Å². The molecule has 4 aromatic rings. The number of hydrogen-bond donors (Lipinski definition) is 1. The number of hydrogen-bond acceptors (Lipinski definition) is 3. The van der Waals surface area contributed by atoms with Crippen LogP contribution in [0, 0.1) is 25.5 Å². The number of allylic oxidation sites excluding steroid dienone is 1. The van der Waals surface area contributed by atoms with Crippen LogP contribution < -0.4 is 10.1 Å². The molecule has 0 spiro atoms. The number of halogens is 2. The Morgan fingerprint density at radius 2 is 1.82 bits per heavy atom. The van der Waals surface area contributed by atoms with Gasteiger partial charge in [0.1, 0.15) is 11.3 Å². The highest BCUT2D eigenvalue weighted by Crippen LogP contribution is 2.38. The van der Waals surface area contributed by atoms with Gasteiger partial charge < -0.3 is 14.5 Å². The monoisotopic (exact) mass is 461 g/mol. The minimum Gasteiger partial charge on any atom is -0.493 e. The lowest BCUT2D eigenvalue weighted by molar-refractivity contribution is -0.111. The Labute approximate surface area is 196 Å². The Kier molecular flexibility index (Phi) is 6.50. The van der Waals surface area contributed by atoms with Crippen molar-refractivity contribution in [3.8, 4) is 16.9 Å². The second-order valence-electron chi connectivity index (χ2n) is 8.19. The molecule has 4 nitrogen and oxygen atoms in total. The van der Waals surface area contributed by atoms with E-state index in [2.05, 4.69) is 37.4 Å². The molecule has 3 aromatic carbocycles. The topological polar surface area (TPSA) is 51.5 Å². The Balaban J connectivity index is 1.74. The predicted molar refractivity (Wildman–Crippen MR) is 131 cm³/mol. The van der Waals surface area contributed by atoms with Crippen molar-refractivity contribution in [2.45, 2.75) is 27.7 Å². The molecular weight excluding hydrogens is 436 g/mol. The van der Waals surface area contributed by atoms with Crippen molar-refractivity contribution in [1.29, 1.82) is 0 Å². The summed E-state index contributed by atoms with van der Waals surface area (Å²) < 4.78 is 38.3. The number of carbonyl (C=O) groups is 1. The molecule has 34 heavy (non-hydrogen) atoms. The lowest BCUT2D eigenvalue weighted by Crippen LogP contribution is -2.09. The summed E-state index contributed by atoms with van der Waals surface area (Å²) in [5, 5.41) is 3.46. The molecule has 0 aliphatic carbocycles. The third kappa shape index (κ3) is 4.71. The second kappa shape index (κ2) is 9.51. The molecule has 6 heteroatoms. The van der Waals surface area contributed by atoms with Crippen LogP contribution in [-0.2, 0) is 4.79 Å². The van der Waals surface area contributed by atoms with Crippen LogP contribution in [0.4, 0.5) is 14.5 Å². The molecular formula is C28H25F2NO3. The Morgan fingerprint density at radius 1 is 1.03 bits per heavy atom. The molecule has 0 unspecified atom stereocenters. The van der Waals surface area contributed by atoms with E-state index in [1.165, 1.54) is 17.7 Å². The maximum Gasteiger partial charge on any atom is 0.248 e. The summed E-state index contributed by atoms with van der Waals surface area (Å²) in [5.74, 6) is -1.88. The first-order chi connectivity index (χ1) is 16.3. The Morgan fingerprint density at radius 3 is 2.53 bits per heavy atom. The number of amides is 1. The molecule has 0 aliphatic rings. The molecule has 174 valence electrons. The van der Waals surface area contributed by atoms with E-state index < -0.39 is 17.5 Å². The van der Waals surface area contributed by atoms with Gasteiger partial charge >= 0.3 is 0 Å². The van der Waals surface area contributed by atoms with Crippen molar-refractivity contribution >= 4 is 28.1 Å². The van der Waals surface area contributed by atoms with Gasteiger partial charge in [0.25, 0.3) is 0 Å². The lowest BCUT2D eigenvalue weighted by atomic mass is 9.96. The fourth-order valence-corrected chi connectivity index (χ4v) is 3.99. The van der Waals surface area contributed by atoms with Crippen LogP contribution in [0.15, 0.2) is 65.3 Å². The van der Waals surface area contributed by atoms with Gasteiger partial charge in [0.15, 0.2) is 11.6 Å². The number of rotatable bonds is 6. The fraction of sp³-hybridized carbons (Fsp3) is 0.179. The summed E-state index contributed by atoms with van der Waals surface area (Å²) in [6.07, 6.45) is 3.14. The van der Waals surface area contributed by atoms with E-state index in [1.807, 2.05) is 19.1 Å². The van der Waals surface area contributed by atoms with E-state index in [1.54, 1.807) is 13.2 Å². The second-order valence-corrected chi connectivity index (χ2v) is 8.19. The molecule has 0 saturated heterocycles. The zero-order valence-electron chi connectivity index (χ0n) is 19.5. The molecule has 0 fully saturated rings. The summed E-state index contributed by atoms with van der Waals surface area (Å²) in [6, 6.07) is 13.2. The minimum absolute atomic E-state index is 0.167. The average molecular weight is 462 g/mol. The number of carbonyl (C=O) groups excluding carboxylic acids is 1. The number of ether oxygens (including phenoxy) is 1. The largest absolute Gasteiger partial charge is 0.493 e. The standard InChI is InChI=1S/C28H25F2NO3/c1-5-33-26-14-27-22(23(15-34-27)20-8-6-16(2)10-17(20)3)13-21(26)18(4)11-28(32)31-19-7-9-24(29)25(30)12-19/h6-15H,5H2,1-4H3,(H,31,32)/b18-11+. The molecule has 1 aromatic heterocycles. The molecule has 0 aliphatic heterocycles. The highest BCUT2D eigenvalue weighted by Gasteiger charge is 2.16. The van der Waals surface area contributed by atoms with Crippen LogP contribution in [0.1, 0.15) is 30.5 Å². The van der Waals surface area contributed by atoms with Gasteiger partial charge in [0, 0.05) is 40.4 Å². The number of fused-ring (bicyclic) bond motifs is 1. The predicted octanol–water partition coefficient (Wildman–Crippen LogP) is 7.44. The summed E-state index contributed by atoms with van der Waals surface area (Å²) in [7, 11) is 0. The Bertz CT molecular complexity index is 1420. The van der Waals surface area contributed by atoms with E-state index in [-0.39, 0.29) is 5.69 Å². The smallest absolute Gasteiger partial charge is 0.248 e. The molecule has 1 amide bonds. The van der Waals surface area contributed by atoms with Crippen LogP contribution in [0.2, 0.25) is 0 Å². The number of aryl methyl sites for hydroxylation is 2. The van der Waals surface area contributed by atoms with Crippen molar-refractivity contribution in [1.82, 2.24) is 0 Å². The number of anilines is 1. The van der Waals surface area contributed by atoms with Crippen molar-refractivity contribution < 1.29 is 22.7 Å². The van der Waals surface area contributed by atoms with E-state index in [0.29, 0.717) is 23.5 Å². The van der Waals surface area contributed by atoms with E-state index in [4.69, 9.17) is 9.15 Å². The Hall–Kier alpha value is -3.93. The van der Waals surface area contributed by atoms with Crippen LogP contribution in [0.25, 0.3) is 27.7 Å². The SMILES string of the molecule is CCOc1cc2occ(-c3ccc(C)cc3C)c2cc1/C(C)=C/C(=O)Nc1ccc(F)c(F)c1. The first-order valence-corrected chi connectivity index (χ1v) is 11.0. The van der Waals surface area contributed by atoms with Crippen molar-refractivity contribution in [2.24, 2.45) is 0 Å². The maximum atomic E-state index is 13.5. The molecule has 1 N–H and O–H groups in total. The highest BCUT2D eigenvalue weighted by atomic mass is 19.2. The minimum atomic E-state index is -1.03. The molecule has 0 radical (unpaired) electrons. The zero-order valence-corrected chi connectivity index (χ0v) is 19.5. The van der Waals surface area contributed by atoms with Crippen molar-refractivity contribution in [3.63, 3.8) is 0 Å². The highest BCUT2D eigenvalue weighted by molar-refractivity contribution is 6.05. The summed E-state index contributed by atoms with van der Waals surface area (Å²) >= 11 is 0. The van der Waals surface area contributed by atoms with Crippen LogP contribution in [0.5, 0.6) is 5.75 Å². The quantitative estimate of drug-likeness (QED) is 0.304. The van der Waals surface area contributed by atoms with Gasteiger partial charge in [-0.05, 0) is 62.6 Å². The van der Waals surface area contributed by atoms with Crippen LogP contribution in [0.3, 0.4) is 0 Å². The van der Waals surface area contributed by atoms with E-state index in [9.17, 15) is 13.6 Å². The molecule has 0 atom stereocenters. The maximum absolute atomic E-state index is 13.5. The van der Waals surface area contributed by atoms with Gasteiger partial charge in [-0.1, -0.05) is 23.8 Å². The van der Waals surface area contributed by atoms with Crippen molar-refractivity contribution in [2.75, 3.05) is 11.9 Å². The molecule has 4 rings (SSSR count). The first-order valence-electron chi connectivity index (χ1n) is 11.0. The van der Waals surface area contributed by atoms with Crippen LogP contribution >= 0.6 is 0 Å². The van der Waals surface area contributed by atoms with Crippen LogP contribution in [-0.4, -0.2) is 12.5 Å². The third-order valence-corrected chi connectivity index (χ3v) is 5.61. The lowest BCUT2D eigenvalue weighted by Gasteiger charge is -2.12. The molecule has 0 bridgehead atoms. The normalized spacial score (nSPS) is 11.6. The van der Waals surface area contributed by atoms with Gasteiger partial charge in [-0.2, -0.15) is 0 Å². The first kappa shape index (κ1) is 23.2. The van der Waals surface area contributed by atoms with Gasteiger partial charge in [0.05, 0.1) is 12.9 Å². The summed E-state index contributed by atoms with van der Waals surface area (Å²) in [4.78, 5) is 12.6. The van der Waals surface area contributed by atoms with Gasteiger partial charge in [-0.25, -0.2) is 8.78 Å². The van der Waals surface area contributed by atoms with Gasteiger partial charge in [-0.15, -0.1) is 0 Å². The molecule has 1 heterocycles. The zero-order chi connectivity index (χ0) is 24.4. The van der Waals surface area contributed by atoms with Gasteiger partial charge in [-0.3, -0.25) is 4.79 Å². The number of furan rings is 1. The number of nitrogens with one attached hydrogen (secondary N) is 1. The number of benzene rings is 3. The van der Waals surface area contributed by atoms with Crippen molar-refractivity contribution in [3.05, 3.63) is 89.2 Å². The average Bonchev–Trinajstić information content (AvgIpc) is 3.18. The summed E-state index contributed by atoms with van der Waals surface area (Å²) in [6.45, 7) is 8.23. The van der Waals surface area contributed by atoms with Gasteiger partial charge in [0.2, 0.25) is 5.91 Å². The third-order valence-electron chi connectivity index (χ3n) is 5.61. The fourth-order valence-electron chi connectivity index (χ4n) is 3.99.